The Balaban J connectivity index is 1.23. The number of pyridine rings is 1. The zero-order chi connectivity index (χ0) is 24.1. The largest absolute Gasteiger partial charge is 0.477 e. The number of carboxylic acid groups (broad SMARTS) is 1. The molecular formula is C26H25N3O5. The van der Waals surface area contributed by atoms with Crippen molar-refractivity contribution >= 4 is 23.7 Å². The highest BCUT2D eigenvalue weighted by Gasteiger charge is 2.29. The van der Waals surface area contributed by atoms with Crippen LogP contribution in [-0.4, -0.2) is 41.2 Å². The predicted molar refractivity (Wildman–Crippen MR) is 127 cm³/mol. The number of nitrogens with one attached hydrogen (secondary N) is 2. The highest BCUT2D eigenvalue weighted by atomic mass is 16.5. The van der Waals surface area contributed by atoms with Crippen molar-refractivity contribution in [2.24, 2.45) is 5.92 Å². The average molecular weight is 460 g/mol. The van der Waals surface area contributed by atoms with E-state index in [1.807, 2.05) is 24.3 Å². The van der Waals surface area contributed by atoms with Crippen molar-refractivity contribution in [1.82, 2.24) is 10.3 Å². The van der Waals surface area contributed by atoms with Crippen LogP contribution in [-0.2, 0) is 9.53 Å². The molecule has 1 unspecified atom stereocenters. The zero-order valence-electron chi connectivity index (χ0n) is 18.7. The SMILES string of the molecule is CC(CCNC(=O)OCC1c2ccccc2-c2ccccc21)C(=O)Nc1ccc(C(=O)O)nc1. The molecule has 0 spiro atoms. The van der Waals surface area contributed by atoms with Gasteiger partial charge in [-0.05, 0) is 40.8 Å². The van der Waals surface area contributed by atoms with Gasteiger partial charge in [-0.1, -0.05) is 55.5 Å². The van der Waals surface area contributed by atoms with Gasteiger partial charge >= 0.3 is 12.1 Å². The van der Waals surface area contributed by atoms with Crippen LogP contribution in [0, 0.1) is 5.92 Å². The number of benzene rings is 2. The van der Waals surface area contributed by atoms with Crippen molar-refractivity contribution in [3.05, 3.63) is 83.7 Å². The predicted octanol–water partition coefficient (Wildman–Crippen LogP) is 4.28. The number of carbonyl (C=O) groups excluding carboxylic acids is 2. The van der Waals surface area contributed by atoms with E-state index in [9.17, 15) is 14.4 Å². The van der Waals surface area contributed by atoms with E-state index in [1.54, 1.807) is 6.92 Å². The fourth-order valence-electron chi connectivity index (χ4n) is 4.03. The highest BCUT2D eigenvalue weighted by molar-refractivity contribution is 5.92. The Morgan fingerprint density at radius 3 is 2.24 bits per heavy atom. The number of rotatable bonds is 8. The van der Waals surface area contributed by atoms with Crippen molar-refractivity contribution in [2.75, 3.05) is 18.5 Å². The van der Waals surface area contributed by atoms with Crippen LogP contribution in [0.15, 0.2) is 66.9 Å². The van der Waals surface area contributed by atoms with Gasteiger partial charge in [-0.3, -0.25) is 4.79 Å². The van der Waals surface area contributed by atoms with Gasteiger partial charge in [0.15, 0.2) is 0 Å². The lowest BCUT2D eigenvalue weighted by Gasteiger charge is -2.15. The van der Waals surface area contributed by atoms with Gasteiger partial charge in [0.05, 0.1) is 11.9 Å². The quantitative estimate of drug-likeness (QED) is 0.463. The molecule has 174 valence electrons. The van der Waals surface area contributed by atoms with Crippen LogP contribution < -0.4 is 10.6 Å². The molecule has 1 aliphatic rings. The molecular weight excluding hydrogens is 434 g/mol. The minimum Gasteiger partial charge on any atom is -0.477 e. The first-order valence-electron chi connectivity index (χ1n) is 11.0. The summed E-state index contributed by atoms with van der Waals surface area (Å²) in [6.07, 6.45) is 1.18. The molecule has 0 saturated heterocycles. The van der Waals surface area contributed by atoms with Gasteiger partial charge in [0.25, 0.3) is 0 Å². The molecule has 0 radical (unpaired) electrons. The van der Waals surface area contributed by atoms with Crippen molar-refractivity contribution in [1.29, 1.82) is 0 Å². The summed E-state index contributed by atoms with van der Waals surface area (Å²) in [5, 5.41) is 14.3. The topological polar surface area (TPSA) is 118 Å². The second-order valence-corrected chi connectivity index (χ2v) is 8.17. The summed E-state index contributed by atoms with van der Waals surface area (Å²) in [5.74, 6) is -1.78. The Bertz CT molecular complexity index is 1160. The molecule has 4 rings (SSSR count). The molecule has 2 aromatic carbocycles. The van der Waals surface area contributed by atoms with Crippen molar-refractivity contribution in [3.8, 4) is 11.1 Å². The third-order valence-electron chi connectivity index (χ3n) is 5.89. The summed E-state index contributed by atoms with van der Waals surface area (Å²) in [6.45, 7) is 2.25. The zero-order valence-corrected chi connectivity index (χ0v) is 18.7. The Labute approximate surface area is 197 Å². The Morgan fingerprint density at radius 1 is 1.00 bits per heavy atom. The Kier molecular flexibility index (Phi) is 6.87. The number of ether oxygens (including phenoxy) is 1. The molecule has 3 aromatic rings. The summed E-state index contributed by atoms with van der Waals surface area (Å²) >= 11 is 0. The lowest BCUT2D eigenvalue weighted by Crippen LogP contribution is -2.30. The molecule has 2 amide bonds. The number of carbonyl (C=O) groups is 3. The molecule has 34 heavy (non-hydrogen) atoms. The number of fused-ring (bicyclic) bond motifs is 3. The van der Waals surface area contributed by atoms with E-state index in [4.69, 9.17) is 9.84 Å². The number of anilines is 1. The van der Waals surface area contributed by atoms with E-state index in [0.717, 1.165) is 11.1 Å². The van der Waals surface area contributed by atoms with Crippen LogP contribution in [0.3, 0.4) is 0 Å². The van der Waals surface area contributed by atoms with E-state index < -0.39 is 12.1 Å². The number of hydrogen-bond donors (Lipinski definition) is 3. The van der Waals surface area contributed by atoms with Gasteiger partial charge in [-0.25, -0.2) is 14.6 Å². The normalized spacial score (nSPS) is 12.9. The third kappa shape index (κ3) is 5.06. The summed E-state index contributed by atoms with van der Waals surface area (Å²) in [7, 11) is 0. The standard InChI is InChI=1S/C26H25N3O5/c1-16(24(30)29-17-10-11-23(25(31)32)28-14-17)12-13-27-26(33)34-15-22-20-8-4-2-6-18(20)19-7-3-5-9-21(19)22/h2-11,14,16,22H,12-13,15H2,1H3,(H,27,33)(H,29,30)(H,31,32). The lowest BCUT2D eigenvalue weighted by molar-refractivity contribution is -0.119. The minimum absolute atomic E-state index is 0.0102. The van der Waals surface area contributed by atoms with Crippen molar-refractivity contribution in [2.45, 2.75) is 19.3 Å². The smallest absolute Gasteiger partial charge is 0.407 e. The van der Waals surface area contributed by atoms with Crippen LogP contribution in [0.2, 0.25) is 0 Å². The molecule has 3 N–H and O–H groups in total. The number of carboxylic acids is 1. The van der Waals surface area contributed by atoms with Crippen molar-refractivity contribution in [3.63, 3.8) is 0 Å². The summed E-state index contributed by atoms with van der Waals surface area (Å²) in [6, 6.07) is 19.1. The van der Waals surface area contributed by atoms with Gasteiger partial charge in [0.2, 0.25) is 5.91 Å². The van der Waals surface area contributed by atoms with Crippen LogP contribution in [0.1, 0.15) is 40.9 Å². The number of amides is 2. The fourth-order valence-corrected chi connectivity index (χ4v) is 4.03. The average Bonchev–Trinajstić information content (AvgIpc) is 3.16. The van der Waals surface area contributed by atoms with E-state index in [0.29, 0.717) is 12.1 Å². The summed E-state index contributed by atoms with van der Waals surface area (Å²) in [5.41, 5.74) is 4.93. The molecule has 1 aromatic heterocycles. The molecule has 0 fully saturated rings. The molecule has 0 bridgehead atoms. The lowest BCUT2D eigenvalue weighted by atomic mass is 9.98. The maximum atomic E-state index is 12.3. The number of nitrogens with zero attached hydrogens (tertiary/aromatic N) is 1. The summed E-state index contributed by atoms with van der Waals surface area (Å²) in [4.78, 5) is 39.2. The Hall–Kier alpha value is -4.20. The highest BCUT2D eigenvalue weighted by Crippen LogP contribution is 2.44. The van der Waals surface area contributed by atoms with E-state index in [1.165, 1.54) is 29.5 Å². The van der Waals surface area contributed by atoms with E-state index in [-0.39, 0.29) is 36.6 Å². The molecule has 0 aliphatic heterocycles. The van der Waals surface area contributed by atoms with Crippen LogP contribution in [0.25, 0.3) is 11.1 Å². The number of aromatic carboxylic acids is 1. The molecule has 8 nitrogen and oxygen atoms in total. The Morgan fingerprint density at radius 2 is 1.65 bits per heavy atom. The maximum absolute atomic E-state index is 12.3. The minimum atomic E-state index is -1.13. The van der Waals surface area contributed by atoms with Crippen molar-refractivity contribution < 1.29 is 24.2 Å². The number of aromatic nitrogens is 1. The fraction of sp³-hybridized carbons (Fsp3) is 0.231. The first-order chi connectivity index (χ1) is 16.4. The van der Waals surface area contributed by atoms with Crippen LogP contribution in [0.4, 0.5) is 10.5 Å². The molecule has 8 heteroatoms. The van der Waals surface area contributed by atoms with Gasteiger partial charge in [-0.15, -0.1) is 0 Å². The van der Waals surface area contributed by atoms with Gasteiger partial charge in [0, 0.05) is 18.4 Å². The number of hydrogen-bond acceptors (Lipinski definition) is 5. The molecule has 1 atom stereocenters. The van der Waals surface area contributed by atoms with Gasteiger partial charge < -0.3 is 20.5 Å². The molecule has 0 saturated carbocycles. The molecule has 1 heterocycles. The van der Waals surface area contributed by atoms with E-state index in [2.05, 4.69) is 39.9 Å². The third-order valence-corrected chi connectivity index (χ3v) is 5.89. The molecule has 1 aliphatic carbocycles. The summed E-state index contributed by atoms with van der Waals surface area (Å²) < 4.78 is 5.50. The maximum Gasteiger partial charge on any atom is 0.407 e. The van der Waals surface area contributed by atoms with E-state index >= 15 is 0 Å². The monoisotopic (exact) mass is 459 g/mol. The number of alkyl carbamates (subject to hydrolysis) is 1. The van der Waals surface area contributed by atoms with Crippen LogP contribution in [0.5, 0.6) is 0 Å². The first kappa shape index (κ1) is 23.0. The second-order valence-electron chi connectivity index (χ2n) is 8.17. The van der Waals surface area contributed by atoms with Gasteiger partial charge in [0.1, 0.15) is 12.3 Å². The van der Waals surface area contributed by atoms with Crippen LogP contribution >= 0.6 is 0 Å². The van der Waals surface area contributed by atoms with Gasteiger partial charge in [-0.2, -0.15) is 0 Å². The second kappa shape index (κ2) is 10.2. The first-order valence-corrected chi connectivity index (χ1v) is 11.0.